The molecule has 1 fully saturated rings. The molecule has 0 aromatic carbocycles. The Balaban J connectivity index is 2.08. The number of nitrogens with one attached hydrogen (secondary N) is 1. The minimum atomic E-state index is -0.216. The van der Waals surface area contributed by atoms with E-state index >= 15 is 0 Å². The number of allylic oxidation sites excluding steroid dienone is 3. The van der Waals surface area contributed by atoms with Crippen LogP contribution in [0, 0.1) is 11.3 Å². The van der Waals surface area contributed by atoms with Crippen LogP contribution in [-0.2, 0) is 0 Å². The molecule has 0 bridgehead atoms. The van der Waals surface area contributed by atoms with Crippen LogP contribution >= 0.6 is 21.3 Å². The van der Waals surface area contributed by atoms with E-state index in [1.807, 2.05) is 13.0 Å². The molecule has 0 radical (unpaired) electrons. The number of nitrogens with zero attached hydrogens (tertiary/aromatic N) is 2. The van der Waals surface area contributed by atoms with E-state index < -0.39 is 0 Å². The van der Waals surface area contributed by atoms with Gasteiger partial charge in [-0.15, -0.1) is 0 Å². The van der Waals surface area contributed by atoms with Crippen LogP contribution < -0.4 is 0 Å². The van der Waals surface area contributed by atoms with Crippen molar-refractivity contribution in [1.82, 2.24) is 3.11 Å². The first kappa shape index (κ1) is 9.05. The van der Waals surface area contributed by atoms with Crippen molar-refractivity contribution in [2.45, 2.75) is 19.8 Å². The van der Waals surface area contributed by atoms with Crippen LogP contribution in [0.15, 0.2) is 26.8 Å². The zero-order valence-electron chi connectivity index (χ0n) is 7.50. The lowest BCUT2D eigenvalue weighted by Crippen LogP contribution is -1.98. The van der Waals surface area contributed by atoms with Gasteiger partial charge in [-0.1, -0.05) is 0 Å². The summed E-state index contributed by atoms with van der Waals surface area (Å²) in [5.41, 5.74) is 2.44. The minimum Gasteiger partial charge on any atom is -0.309 e. The Bertz CT molecular complexity index is 313. The van der Waals surface area contributed by atoms with Gasteiger partial charge in [0.15, 0.2) is 0 Å². The molecule has 2 rings (SSSR count). The molecule has 2 aliphatic rings. The summed E-state index contributed by atoms with van der Waals surface area (Å²) in [6.07, 6.45) is 7.96. The minimum absolute atomic E-state index is 0.216. The van der Waals surface area contributed by atoms with E-state index in [2.05, 4.69) is 12.5 Å². The van der Waals surface area contributed by atoms with Crippen molar-refractivity contribution in [2.24, 2.45) is 9.06 Å². The van der Waals surface area contributed by atoms with E-state index in [9.17, 15) is 0 Å². The Morgan fingerprint density at radius 3 is 3.15 bits per heavy atom. The molecule has 3 nitrogen and oxygen atoms in total. The van der Waals surface area contributed by atoms with Gasteiger partial charge in [-0.25, -0.2) is 3.15 Å². The summed E-state index contributed by atoms with van der Waals surface area (Å²) in [4.78, 5) is 0. The third kappa shape index (κ3) is 2.04. The Labute approximate surface area is 88.5 Å². The lowest BCUT2D eigenvalue weighted by molar-refractivity contribution is 0.804. The van der Waals surface area contributed by atoms with Gasteiger partial charge >= 0.3 is 0 Å². The summed E-state index contributed by atoms with van der Waals surface area (Å²) in [6.45, 7) is 2.03. The Kier molecular flexibility index (Phi) is 2.57. The van der Waals surface area contributed by atoms with E-state index in [-0.39, 0.29) is 21.3 Å². The molecule has 0 amide bonds. The van der Waals surface area contributed by atoms with E-state index in [0.29, 0.717) is 0 Å². The zero-order chi connectivity index (χ0) is 9.26. The zero-order valence-corrected chi connectivity index (χ0v) is 9.65. The van der Waals surface area contributed by atoms with E-state index in [1.165, 1.54) is 24.8 Å². The quantitative estimate of drug-likeness (QED) is 0.484. The topological polar surface area (TPSA) is 39.5 Å². The summed E-state index contributed by atoms with van der Waals surface area (Å²) in [6, 6.07) is 0. The van der Waals surface area contributed by atoms with Crippen LogP contribution in [0.3, 0.4) is 0 Å². The van der Waals surface area contributed by atoms with Crippen molar-refractivity contribution in [2.75, 3.05) is 0 Å². The van der Waals surface area contributed by atoms with E-state index in [0.717, 1.165) is 11.6 Å². The molecule has 0 spiro atoms. The number of rotatable bonds is 3. The van der Waals surface area contributed by atoms with Gasteiger partial charge in [-0.3, -0.25) is 3.11 Å². The molecular formula is C9H12IN3. The smallest absolute Gasteiger partial charge is 0.125 e. The lowest BCUT2D eigenvalue weighted by atomic mass is 10.3. The van der Waals surface area contributed by atoms with Gasteiger partial charge < -0.3 is 5.41 Å². The van der Waals surface area contributed by atoms with Crippen LogP contribution in [-0.4, -0.2) is 9.33 Å². The van der Waals surface area contributed by atoms with E-state index in [1.54, 1.807) is 0 Å². The second-order valence-electron chi connectivity index (χ2n) is 3.27. The summed E-state index contributed by atoms with van der Waals surface area (Å²) in [5.74, 6) is 0.762. The highest BCUT2D eigenvalue weighted by Gasteiger charge is 2.28. The largest absolute Gasteiger partial charge is 0.309 e. The Morgan fingerprint density at radius 1 is 1.77 bits per heavy atom. The van der Waals surface area contributed by atoms with Crippen molar-refractivity contribution in [3.63, 3.8) is 0 Å². The highest BCUT2D eigenvalue weighted by atomic mass is 127. The van der Waals surface area contributed by atoms with Crippen LogP contribution in [0.2, 0.25) is 0 Å². The molecule has 4 heteroatoms. The third-order valence-electron chi connectivity index (χ3n) is 2.12. The standard InChI is InChI=1S/C9H12IN3/c1-7(4-5-11)13-6-9(12-10-13)8-2-3-8/h4-6,8,11H,2-3H2,1H3. The maximum Gasteiger partial charge on any atom is 0.125 e. The predicted octanol–water partition coefficient (Wildman–Crippen LogP) is 3.18. The Morgan fingerprint density at radius 2 is 2.54 bits per heavy atom. The van der Waals surface area contributed by atoms with Crippen LogP contribution in [0.25, 0.3) is 0 Å². The van der Waals surface area contributed by atoms with Gasteiger partial charge in [0.05, 0.1) is 5.70 Å². The highest BCUT2D eigenvalue weighted by Crippen LogP contribution is 2.43. The average Bonchev–Trinajstić information content (AvgIpc) is 2.84. The summed E-state index contributed by atoms with van der Waals surface area (Å²) in [5, 5.41) is 6.98. The maximum absolute atomic E-state index is 6.98. The van der Waals surface area contributed by atoms with Gasteiger partial charge in [-0.05, 0) is 25.8 Å². The number of hydrogen-bond donors (Lipinski definition) is 1. The van der Waals surface area contributed by atoms with Crippen LogP contribution in [0.4, 0.5) is 0 Å². The van der Waals surface area contributed by atoms with Gasteiger partial charge in [0.25, 0.3) is 0 Å². The fourth-order valence-corrected chi connectivity index (χ4v) is 3.06. The Hall–Kier alpha value is -0.520. The fourth-order valence-electron chi connectivity index (χ4n) is 1.15. The monoisotopic (exact) mass is 289 g/mol. The second-order valence-corrected chi connectivity index (χ2v) is 5.23. The normalized spacial score (nSPS) is 22.7. The highest BCUT2D eigenvalue weighted by molar-refractivity contribution is 14.1. The SMILES string of the molecule is CC(=CC=N)N1C=C(C2CC2)N=I1. The van der Waals surface area contributed by atoms with Crippen molar-refractivity contribution < 1.29 is 0 Å². The van der Waals surface area contributed by atoms with Crippen molar-refractivity contribution in [3.05, 3.63) is 23.7 Å². The summed E-state index contributed by atoms with van der Waals surface area (Å²) < 4.78 is 6.77. The first-order valence-corrected chi connectivity index (χ1v) is 6.28. The van der Waals surface area contributed by atoms with Gasteiger partial charge in [-0.2, -0.15) is 0 Å². The molecule has 0 unspecified atom stereocenters. The summed E-state index contributed by atoms with van der Waals surface area (Å²) >= 11 is -0.216. The molecular weight excluding hydrogens is 277 g/mol. The van der Waals surface area contributed by atoms with Crippen molar-refractivity contribution >= 4 is 27.5 Å². The molecule has 13 heavy (non-hydrogen) atoms. The molecule has 0 atom stereocenters. The maximum atomic E-state index is 6.98. The van der Waals surface area contributed by atoms with Gasteiger partial charge in [0, 0.05) is 24.0 Å². The van der Waals surface area contributed by atoms with E-state index in [4.69, 9.17) is 5.41 Å². The van der Waals surface area contributed by atoms with Crippen molar-refractivity contribution in [3.8, 4) is 0 Å². The fraction of sp³-hybridized carbons (Fsp3) is 0.444. The second kappa shape index (κ2) is 3.69. The first-order valence-electron chi connectivity index (χ1n) is 4.35. The molecule has 70 valence electrons. The molecule has 1 N–H and O–H groups in total. The molecule has 1 aliphatic carbocycles. The molecule has 1 heterocycles. The van der Waals surface area contributed by atoms with Crippen LogP contribution in [0.1, 0.15) is 19.8 Å². The molecule has 0 aromatic heterocycles. The molecule has 0 aromatic rings. The van der Waals surface area contributed by atoms with Gasteiger partial charge in [0.1, 0.15) is 21.3 Å². The molecule has 0 saturated heterocycles. The molecule has 1 saturated carbocycles. The predicted molar refractivity (Wildman–Crippen MR) is 61.6 cm³/mol. The lowest BCUT2D eigenvalue weighted by Gasteiger charge is -2.08. The third-order valence-corrected chi connectivity index (χ3v) is 4.40. The van der Waals surface area contributed by atoms with Crippen LogP contribution in [0.5, 0.6) is 0 Å². The van der Waals surface area contributed by atoms with Crippen molar-refractivity contribution in [1.29, 1.82) is 5.41 Å². The number of hydrogen-bond acceptors (Lipinski definition) is 3. The van der Waals surface area contributed by atoms with Gasteiger partial charge in [0.2, 0.25) is 0 Å². The first-order chi connectivity index (χ1) is 6.31. The number of halogens is 1. The summed E-state index contributed by atoms with van der Waals surface area (Å²) in [7, 11) is 0. The molecule has 1 aliphatic heterocycles. The average molecular weight is 289 g/mol.